The molecule has 3 unspecified atom stereocenters. The molecule has 0 fully saturated rings. The van der Waals surface area contributed by atoms with Crippen molar-refractivity contribution in [3.05, 3.63) is 48.6 Å². The Morgan fingerprint density at radius 3 is 1.20 bits per heavy atom. The molecule has 0 rings (SSSR count). The van der Waals surface area contributed by atoms with Gasteiger partial charge in [-0.1, -0.05) is 256 Å². The van der Waals surface area contributed by atoms with Gasteiger partial charge in [-0.2, -0.15) is 0 Å². The number of carbonyl (C=O) groups excluding carboxylic acids is 2. The highest BCUT2D eigenvalue weighted by Crippen LogP contribution is 2.18. The number of esters is 1. The van der Waals surface area contributed by atoms with E-state index >= 15 is 0 Å². The van der Waals surface area contributed by atoms with Gasteiger partial charge in [-0.05, 0) is 70.6 Å². The highest BCUT2D eigenvalue weighted by atomic mass is 16.5. The molecule has 0 saturated heterocycles. The predicted octanol–water partition coefficient (Wildman–Crippen LogP) is 17.4. The van der Waals surface area contributed by atoms with E-state index in [1.165, 1.54) is 167 Å². The van der Waals surface area contributed by atoms with E-state index in [2.05, 4.69) is 74.7 Å². The quantitative estimate of drug-likeness (QED) is 0.0321. The molecular formula is C59H109NO5. The number of hydrogen-bond donors (Lipinski definition) is 3. The zero-order valence-electron chi connectivity index (χ0n) is 43.4. The predicted molar refractivity (Wildman–Crippen MR) is 282 cm³/mol. The van der Waals surface area contributed by atoms with Crippen LogP contribution in [0.5, 0.6) is 0 Å². The lowest BCUT2D eigenvalue weighted by atomic mass is 10.0. The van der Waals surface area contributed by atoms with E-state index in [1.54, 1.807) is 0 Å². The lowest BCUT2D eigenvalue weighted by Crippen LogP contribution is -2.46. The standard InChI is InChI=1S/C59H109NO5/c1-4-7-10-13-16-19-22-25-27-28-29-30-31-34-37-40-43-46-49-52-59(64)65-55(50-47-44-41-38-35-32-24-21-18-15-12-9-6-3)53-58(63)60-56(54-61)57(62)51-48-45-42-39-36-33-26-23-20-17-14-11-8-5-2/h16,19,25,27,29-30,34,37,55-57,61-62H,4-15,17-18,20-24,26,28,31-33,35-36,38-54H2,1-3H3,(H,60,63)/b19-16-,27-25-,30-29-,37-34-. The Hall–Kier alpha value is -2.18. The number of carbonyl (C=O) groups is 2. The molecule has 0 aliphatic heterocycles. The van der Waals surface area contributed by atoms with Gasteiger partial charge >= 0.3 is 5.97 Å². The number of aliphatic hydroxyl groups is 2. The smallest absolute Gasteiger partial charge is 0.306 e. The normalized spacial score (nSPS) is 13.5. The van der Waals surface area contributed by atoms with Gasteiger partial charge in [0.05, 0.1) is 25.2 Å². The fourth-order valence-electron chi connectivity index (χ4n) is 8.59. The molecule has 0 spiro atoms. The first-order valence-corrected chi connectivity index (χ1v) is 28.4. The van der Waals surface area contributed by atoms with Crippen molar-refractivity contribution in [2.75, 3.05) is 6.61 Å². The molecule has 0 aliphatic carbocycles. The Morgan fingerprint density at radius 2 is 0.785 bits per heavy atom. The lowest BCUT2D eigenvalue weighted by Gasteiger charge is -2.24. The summed E-state index contributed by atoms with van der Waals surface area (Å²) in [4.78, 5) is 26.2. The second-order valence-corrected chi connectivity index (χ2v) is 19.3. The minimum Gasteiger partial charge on any atom is -0.462 e. The van der Waals surface area contributed by atoms with Crippen LogP contribution < -0.4 is 5.32 Å². The zero-order valence-corrected chi connectivity index (χ0v) is 43.4. The van der Waals surface area contributed by atoms with E-state index in [-0.39, 0.29) is 24.9 Å². The van der Waals surface area contributed by atoms with Crippen LogP contribution in [0.2, 0.25) is 0 Å². The van der Waals surface area contributed by atoms with E-state index in [4.69, 9.17) is 4.74 Å². The Bertz CT molecular complexity index is 1110. The molecular weight excluding hydrogens is 803 g/mol. The van der Waals surface area contributed by atoms with Gasteiger partial charge in [-0.25, -0.2) is 0 Å². The van der Waals surface area contributed by atoms with Crippen LogP contribution >= 0.6 is 0 Å². The summed E-state index contributed by atoms with van der Waals surface area (Å²) in [6, 6.07) is -0.707. The minimum atomic E-state index is -0.792. The Labute approximate surface area is 404 Å². The van der Waals surface area contributed by atoms with Crippen molar-refractivity contribution in [1.82, 2.24) is 5.32 Å². The number of aliphatic hydroxyl groups excluding tert-OH is 2. The number of hydrogen-bond acceptors (Lipinski definition) is 5. The molecule has 380 valence electrons. The molecule has 65 heavy (non-hydrogen) atoms. The summed E-state index contributed by atoms with van der Waals surface area (Å²) < 4.78 is 5.94. The molecule has 6 nitrogen and oxygen atoms in total. The van der Waals surface area contributed by atoms with E-state index in [0.717, 1.165) is 77.0 Å². The van der Waals surface area contributed by atoms with E-state index in [0.29, 0.717) is 19.3 Å². The molecule has 0 aromatic heterocycles. The molecule has 0 heterocycles. The van der Waals surface area contributed by atoms with Gasteiger partial charge in [0.25, 0.3) is 0 Å². The summed E-state index contributed by atoms with van der Waals surface area (Å²) in [5, 5.41) is 23.8. The third kappa shape index (κ3) is 48.1. The fourth-order valence-corrected chi connectivity index (χ4v) is 8.59. The highest BCUT2D eigenvalue weighted by Gasteiger charge is 2.24. The van der Waals surface area contributed by atoms with Crippen molar-refractivity contribution in [3.8, 4) is 0 Å². The van der Waals surface area contributed by atoms with Gasteiger partial charge in [0.15, 0.2) is 0 Å². The lowest BCUT2D eigenvalue weighted by molar-refractivity contribution is -0.151. The van der Waals surface area contributed by atoms with Crippen molar-refractivity contribution in [2.45, 2.75) is 309 Å². The minimum absolute atomic E-state index is 0.0676. The van der Waals surface area contributed by atoms with Gasteiger partial charge in [-0.15, -0.1) is 0 Å². The van der Waals surface area contributed by atoms with Crippen molar-refractivity contribution in [3.63, 3.8) is 0 Å². The molecule has 0 saturated carbocycles. The Balaban J connectivity index is 4.58. The van der Waals surface area contributed by atoms with Crippen LogP contribution in [-0.4, -0.2) is 46.9 Å². The molecule has 0 aliphatic rings. The number of unbranched alkanes of at least 4 members (excludes halogenated alkanes) is 31. The second kappa shape index (κ2) is 52.8. The molecule has 1 amide bonds. The Morgan fingerprint density at radius 1 is 0.446 bits per heavy atom. The number of rotatable bonds is 51. The van der Waals surface area contributed by atoms with Gasteiger partial charge in [0, 0.05) is 6.42 Å². The maximum Gasteiger partial charge on any atom is 0.306 e. The molecule has 0 aromatic carbocycles. The summed E-state index contributed by atoms with van der Waals surface area (Å²) >= 11 is 0. The van der Waals surface area contributed by atoms with Crippen LogP contribution in [0.4, 0.5) is 0 Å². The fraction of sp³-hybridized carbons (Fsp3) is 0.831. The second-order valence-electron chi connectivity index (χ2n) is 19.3. The van der Waals surface area contributed by atoms with Crippen LogP contribution in [0.15, 0.2) is 48.6 Å². The molecule has 0 bridgehead atoms. The number of allylic oxidation sites excluding steroid dienone is 8. The van der Waals surface area contributed by atoms with E-state index in [9.17, 15) is 19.8 Å². The van der Waals surface area contributed by atoms with E-state index < -0.39 is 18.2 Å². The third-order valence-electron chi connectivity index (χ3n) is 12.9. The number of ether oxygens (including phenoxy) is 1. The summed E-state index contributed by atoms with van der Waals surface area (Å²) in [5.74, 6) is -0.498. The number of nitrogens with one attached hydrogen (secondary N) is 1. The zero-order chi connectivity index (χ0) is 47.4. The average Bonchev–Trinajstić information content (AvgIpc) is 3.30. The maximum absolute atomic E-state index is 13.2. The summed E-state index contributed by atoms with van der Waals surface area (Å²) in [5.41, 5.74) is 0. The van der Waals surface area contributed by atoms with Gasteiger partial charge in [0.2, 0.25) is 5.91 Å². The summed E-state index contributed by atoms with van der Waals surface area (Å²) in [6.07, 6.45) is 64.5. The van der Waals surface area contributed by atoms with Crippen molar-refractivity contribution < 1.29 is 24.5 Å². The van der Waals surface area contributed by atoms with Gasteiger partial charge in [0.1, 0.15) is 6.10 Å². The first-order valence-electron chi connectivity index (χ1n) is 28.4. The molecule has 0 aromatic rings. The summed E-state index contributed by atoms with van der Waals surface area (Å²) in [6.45, 7) is 6.47. The monoisotopic (exact) mass is 912 g/mol. The first kappa shape index (κ1) is 62.8. The van der Waals surface area contributed by atoms with Crippen LogP contribution in [0.3, 0.4) is 0 Å². The van der Waals surface area contributed by atoms with Crippen LogP contribution in [0, 0.1) is 0 Å². The van der Waals surface area contributed by atoms with Gasteiger partial charge < -0.3 is 20.3 Å². The molecule has 6 heteroatoms. The maximum atomic E-state index is 13.2. The molecule has 3 atom stereocenters. The first-order chi connectivity index (χ1) is 32.0. The van der Waals surface area contributed by atoms with Crippen LogP contribution in [-0.2, 0) is 14.3 Å². The van der Waals surface area contributed by atoms with Crippen molar-refractivity contribution >= 4 is 11.9 Å². The SMILES string of the molecule is CCCCC/C=C\C/C=C\C/C=C\C/C=C\CCCCCC(=O)OC(CCCCCCCCCCCCCCC)CC(=O)NC(CO)C(O)CCCCCCCCCCCCCCCC. The van der Waals surface area contributed by atoms with Crippen molar-refractivity contribution in [2.24, 2.45) is 0 Å². The topological polar surface area (TPSA) is 95.9 Å². The van der Waals surface area contributed by atoms with Crippen LogP contribution in [0.1, 0.15) is 290 Å². The Kier molecular flexibility index (Phi) is 51.0. The van der Waals surface area contributed by atoms with E-state index in [1.807, 2.05) is 0 Å². The molecule has 0 radical (unpaired) electrons. The largest absolute Gasteiger partial charge is 0.462 e. The average molecular weight is 913 g/mol. The third-order valence-corrected chi connectivity index (χ3v) is 12.9. The molecule has 3 N–H and O–H groups in total. The van der Waals surface area contributed by atoms with Crippen LogP contribution in [0.25, 0.3) is 0 Å². The van der Waals surface area contributed by atoms with Gasteiger partial charge in [-0.3, -0.25) is 9.59 Å². The van der Waals surface area contributed by atoms with Crippen molar-refractivity contribution in [1.29, 1.82) is 0 Å². The summed E-state index contributed by atoms with van der Waals surface area (Å²) in [7, 11) is 0. The highest BCUT2D eigenvalue weighted by molar-refractivity contribution is 5.77. The number of amides is 1.